The molecule has 7 heteroatoms. The Morgan fingerprint density at radius 2 is 2.08 bits per heavy atom. The van der Waals surface area contributed by atoms with E-state index in [2.05, 4.69) is 10.6 Å². The van der Waals surface area contributed by atoms with Gasteiger partial charge in [0.2, 0.25) is 0 Å². The second-order valence-corrected chi connectivity index (χ2v) is 7.05. The van der Waals surface area contributed by atoms with Gasteiger partial charge < -0.3 is 15.4 Å². The molecular weight excluding hydrogens is 326 g/mol. The minimum absolute atomic E-state index is 0.0727. The van der Waals surface area contributed by atoms with Gasteiger partial charge in [-0.25, -0.2) is 4.79 Å². The van der Waals surface area contributed by atoms with Crippen molar-refractivity contribution in [2.24, 2.45) is 0 Å². The van der Waals surface area contributed by atoms with Crippen LogP contribution in [-0.4, -0.2) is 48.8 Å². The number of urea groups is 1. The molecule has 1 aliphatic carbocycles. The Morgan fingerprint density at radius 3 is 2.75 bits per heavy atom. The van der Waals surface area contributed by atoms with E-state index in [1.807, 2.05) is 24.5 Å². The Labute approximate surface area is 146 Å². The van der Waals surface area contributed by atoms with Gasteiger partial charge in [-0.1, -0.05) is 12.8 Å². The van der Waals surface area contributed by atoms with Crippen molar-refractivity contribution in [3.63, 3.8) is 0 Å². The van der Waals surface area contributed by atoms with E-state index in [4.69, 9.17) is 4.74 Å². The van der Waals surface area contributed by atoms with Gasteiger partial charge in [0.05, 0.1) is 12.8 Å². The summed E-state index contributed by atoms with van der Waals surface area (Å²) in [5, 5.41) is 6.15. The molecule has 0 atom stereocenters. The van der Waals surface area contributed by atoms with Gasteiger partial charge in [0, 0.05) is 18.0 Å². The van der Waals surface area contributed by atoms with Gasteiger partial charge >= 0.3 is 6.03 Å². The average molecular weight is 349 g/mol. The SMILES string of the molecule is COc1cc(SC)ccc1NCCN1C(=O)NC2(CCCC2)C1=O. The number of amides is 3. The number of carbonyl (C=O) groups is 2. The largest absolute Gasteiger partial charge is 0.495 e. The number of hydrogen-bond acceptors (Lipinski definition) is 5. The summed E-state index contributed by atoms with van der Waals surface area (Å²) in [5.74, 6) is 0.683. The van der Waals surface area contributed by atoms with Crippen molar-refractivity contribution in [3.05, 3.63) is 18.2 Å². The zero-order valence-electron chi connectivity index (χ0n) is 14.1. The number of benzene rings is 1. The Kier molecular flexibility index (Phi) is 4.89. The molecule has 2 aliphatic rings. The predicted octanol–water partition coefficient (Wildman–Crippen LogP) is 2.69. The van der Waals surface area contributed by atoms with Gasteiger partial charge in [0.1, 0.15) is 11.3 Å². The van der Waals surface area contributed by atoms with Crippen LogP contribution in [0.3, 0.4) is 0 Å². The Hall–Kier alpha value is -1.89. The van der Waals surface area contributed by atoms with Gasteiger partial charge in [-0.15, -0.1) is 11.8 Å². The van der Waals surface area contributed by atoms with E-state index in [1.54, 1.807) is 18.9 Å². The summed E-state index contributed by atoms with van der Waals surface area (Å²) in [7, 11) is 1.63. The van der Waals surface area contributed by atoms with E-state index in [0.717, 1.165) is 42.0 Å². The van der Waals surface area contributed by atoms with Crippen molar-refractivity contribution in [1.82, 2.24) is 10.2 Å². The van der Waals surface area contributed by atoms with Crippen molar-refractivity contribution >= 4 is 29.4 Å². The third-order valence-corrected chi connectivity index (χ3v) is 5.49. The fraction of sp³-hybridized carbons (Fsp3) is 0.529. The molecule has 0 radical (unpaired) electrons. The minimum atomic E-state index is -0.630. The molecule has 1 spiro atoms. The molecule has 130 valence electrons. The number of rotatable bonds is 6. The maximum atomic E-state index is 12.6. The summed E-state index contributed by atoms with van der Waals surface area (Å²) in [6, 6.07) is 5.66. The summed E-state index contributed by atoms with van der Waals surface area (Å²) in [6.07, 6.45) is 5.52. The number of nitrogens with zero attached hydrogens (tertiary/aromatic N) is 1. The van der Waals surface area contributed by atoms with E-state index < -0.39 is 5.54 Å². The molecule has 3 amide bonds. The highest BCUT2D eigenvalue weighted by atomic mass is 32.2. The fourth-order valence-corrected chi connectivity index (χ4v) is 3.87. The molecule has 0 unspecified atom stereocenters. The van der Waals surface area contributed by atoms with Crippen molar-refractivity contribution in [1.29, 1.82) is 0 Å². The van der Waals surface area contributed by atoms with Crippen molar-refractivity contribution in [2.75, 3.05) is 31.8 Å². The Morgan fingerprint density at radius 1 is 1.33 bits per heavy atom. The number of ether oxygens (including phenoxy) is 1. The second-order valence-electron chi connectivity index (χ2n) is 6.17. The molecule has 2 N–H and O–H groups in total. The van der Waals surface area contributed by atoms with Crippen LogP contribution in [0.25, 0.3) is 0 Å². The first-order chi connectivity index (χ1) is 11.6. The first-order valence-corrected chi connectivity index (χ1v) is 9.42. The van der Waals surface area contributed by atoms with Gasteiger partial charge in [-0.05, 0) is 37.3 Å². The maximum Gasteiger partial charge on any atom is 0.325 e. The molecule has 1 saturated heterocycles. The molecule has 6 nitrogen and oxygen atoms in total. The first-order valence-electron chi connectivity index (χ1n) is 8.20. The molecule has 0 aromatic heterocycles. The quantitative estimate of drug-likeness (QED) is 0.610. The molecule has 3 rings (SSSR count). The van der Waals surface area contributed by atoms with Gasteiger partial charge in [0.25, 0.3) is 5.91 Å². The summed E-state index contributed by atoms with van der Waals surface area (Å²) in [4.78, 5) is 27.2. The van der Waals surface area contributed by atoms with Crippen LogP contribution in [0, 0.1) is 0 Å². The third-order valence-electron chi connectivity index (χ3n) is 4.76. The zero-order chi connectivity index (χ0) is 17.2. The van der Waals surface area contributed by atoms with Crippen LogP contribution < -0.4 is 15.4 Å². The Balaban J connectivity index is 1.60. The van der Waals surface area contributed by atoms with Crippen LogP contribution >= 0.6 is 11.8 Å². The summed E-state index contributed by atoms with van der Waals surface area (Å²) in [5.41, 5.74) is 0.229. The fourth-order valence-electron chi connectivity index (χ4n) is 3.44. The normalized spacial score (nSPS) is 19.0. The highest BCUT2D eigenvalue weighted by molar-refractivity contribution is 7.98. The molecule has 1 aromatic rings. The molecule has 2 fully saturated rings. The standard InChI is InChI=1S/C17H23N3O3S/c1-23-14-11-12(24-2)5-6-13(14)18-9-10-20-15(21)17(19-16(20)22)7-3-4-8-17/h5-6,11,18H,3-4,7-10H2,1-2H3,(H,19,22). The topological polar surface area (TPSA) is 70.7 Å². The lowest BCUT2D eigenvalue weighted by atomic mass is 9.98. The van der Waals surface area contributed by atoms with Crippen molar-refractivity contribution < 1.29 is 14.3 Å². The highest BCUT2D eigenvalue weighted by Crippen LogP contribution is 2.35. The molecule has 1 saturated carbocycles. The predicted molar refractivity (Wildman–Crippen MR) is 94.7 cm³/mol. The number of carbonyl (C=O) groups excluding carboxylic acids is 2. The van der Waals surface area contributed by atoms with E-state index in [1.165, 1.54) is 4.90 Å². The minimum Gasteiger partial charge on any atom is -0.495 e. The number of hydrogen-bond donors (Lipinski definition) is 2. The van der Waals surface area contributed by atoms with Gasteiger partial charge in [-0.3, -0.25) is 9.69 Å². The second kappa shape index (κ2) is 6.93. The van der Waals surface area contributed by atoms with Crippen LogP contribution in [0.4, 0.5) is 10.5 Å². The van der Waals surface area contributed by atoms with E-state index in [0.29, 0.717) is 13.1 Å². The number of nitrogens with one attached hydrogen (secondary N) is 2. The van der Waals surface area contributed by atoms with Crippen LogP contribution in [0.2, 0.25) is 0 Å². The number of thioether (sulfide) groups is 1. The average Bonchev–Trinajstić information content (AvgIpc) is 3.15. The first kappa shape index (κ1) is 17.0. The monoisotopic (exact) mass is 349 g/mol. The van der Waals surface area contributed by atoms with Crippen LogP contribution in [0.5, 0.6) is 5.75 Å². The summed E-state index contributed by atoms with van der Waals surface area (Å²) >= 11 is 1.65. The lowest BCUT2D eigenvalue weighted by Gasteiger charge is -2.20. The third kappa shape index (κ3) is 3.05. The highest BCUT2D eigenvalue weighted by Gasteiger charge is 2.52. The van der Waals surface area contributed by atoms with Crippen LogP contribution in [0.1, 0.15) is 25.7 Å². The Bertz CT molecular complexity index is 644. The van der Waals surface area contributed by atoms with Crippen LogP contribution in [0.15, 0.2) is 23.1 Å². The van der Waals surface area contributed by atoms with E-state index >= 15 is 0 Å². The smallest absolute Gasteiger partial charge is 0.325 e. The lowest BCUT2D eigenvalue weighted by molar-refractivity contribution is -0.131. The summed E-state index contributed by atoms with van der Waals surface area (Å²) in [6.45, 7) is 0.837. The van der Waals surface area contributed by atoms with Gasteiger partial charge in [0.15, 0.2) is 0 Å². The number of anilines is 1. The van der Waals surface area contributed by atoms with Crippen molar-refractivity contribution in [2.45, 2.75) is 36.1 Å². The van der Waals surface area contributed by atoms with Crippen molar-refractivity contribution in [3.8, 4) is 5.75 Å². The van der Waals surface area contributed by atoms with Gasteiger partial charge in [-0.2, -0.15) is 0 Å². The maximum absolute atomic E-state index is 12.6. The number of methoxy groups -OCH3 is 1. The molecular formula is C17H23N3O3S. The molecule has 1 aromatic carbocycles. The van der Waals surface area contributed by atoms with Crippen LogP contribution in [-0.2, 0) is 4.79 Å². The molecule has 24 heavy (non-hydrogen) atoms. The molecule has 1 aliphatic heterocycles. The molecule has 0 bridgehead atoms. The zero-order valence-corrected chi connectivity index (χ0v) is 14.9. The summed E-state index contributed by atoms with van der Waals surface area (Å²) < 4.78 is 5.39. The van der Waals surface area contributed by atoms with E-state index in [-0.39, 0.29) is 11.9 Å². The number of imide groups is 1. The van der Waals surface area contributed by atoms with E-state index in [9.17, 15) is 9.59 Å². The lowest BCUT2D eigenvalue weighted by Crippen LogP contribution is -2.44. The molecule has 1 heterocycles.